The highest BCUT2D eigenvalue weighted by Gasteiger charge is 2.12. The van der Waals surface area contributed by atoms with Crippen LogP contribution in [0.2, 0.25) is 0 Å². The highest BCUT2D eigenvalue weighted by molar-refractivity contribution is 7.71. The van der Waals surface area contributed by atoms with Gasteiger partial charge in [0.25, 0.3) is 5.56 Å². The second-order valence-electron chi connectivity index (χ2n) is 3.88. The lowest BCUT2D eigenvalue weighted by Crippen LogP contribution is -2.14. The summed E-state index contributed by atoms with van der Waals surface area (Å²) in [4.78, 5) is 14.6. The number of aromatic nitrogens is 4. The van der Waals surface area contributed by atoms with E-state index < -0.39 is 0 Å². The first-order valence-electron chi connectivity index (χ1n) is 5.48. The molecule has 0 aliphatic rings. The summed E-state index contributed by atoms with van der Waals surface area (Å²) >= 11 is 5.13. The van der Waals surface area contributed by atoms with E-state index in [1.165, 1.54) is 0 Å². The van der Waals surface area contributed by atoms with Crippen molar-refractivity contribution in [3.05, 3.63) is 33.0 Å². The molecular weight excluding hydrogens is 252 g/mol. The topological polar surface area (TPSA) is 75.7 Å². The van der Waals surface area contributed by atoms with Crippen LogP contribution in [0.15, 0.2) is 16.9 Å². The Morgan fingerprint density at radius 3 is 2.94 bits per heavy atom. The molecule has 2 rings (SSSR count). The minimum Gasteiger partial charge on any atom is -0.383 e. The average Bonchev–Trinajstić information content (AvgIpc) is 2.68. The van der Waals surface area contributed by atoms with Gasteiger partial charge in [0, 0.05) is 12.8 Å². The maximum Gasteiger partial charge on any atom is 0.259 e. The summed E-state index contributed by atoms with van der Waals surface area (Å²) < 4.78 is 7.24. The van der Waals surface area contributed by atoms with Crippen molar-refractivity contribution in [3.8, 4) is 11.4 Å². The van der Waals surface area contributed by atoms with Crippen molar-refractivity contribution in [3.63, 3.8) is 0 Å². The largest absolute Gasteiger partial charge is 0.383 e. The van der Waals surface area contributed by atoms with Gasteiger partial charge in [-0.05, 0) is 31.3 Å². The van der Waals surface area contributed by atoms with Crippen LogP contribution in [-0.4, -0.2) is 33.5 Å². The lowest BCUT2D eigenvalue weighted by molar-refractivity contribution is 0.187. The Bertz CT molecular complexity index is 656. The molecule has 2 aromatic rings. The first-order valence-corrected chi connectivity index (χ1v) is 5.88. The number of ether oxygens (including phenoxy) is 1. The van der Waals surface area contributed by atoms with Gasteiger partial charge in [-0.25, -0.2) is 0 Å². The molecular formula is C11H14N4O2S. The van der Waals surface area contributed by atoms with E-state index in [0.29, 0.717) is 29.3 Å². The molecule has 2 heterocycles. The summed E-state index contributed by atoms with van der Waals surface area (Å²) in [5.41, 5.74) is 1.12. The van der Waals surface area contributed by atoms with Crippen LogP contribution in [0.4, 0.5) is 0 Å². The maximum atomic E-state index is 11.9. The molecule has 18 heavy (non-hydrogen) atoms. The van der Waals surface area contributed by atoms with Gasteiger partial charge in [0.2, 0.25) is 0 Å². The molecule has 0 amide bonds. The van der Waals surface area contributed by atoms with Gasteiger partial charge in [0.1, 0.15) is 0 Å². The lowest BCUT2D eigenvalue weighted by Gasteiger charge is -2.05. The Hall–Kier alpha value is -1.73. The van der Waals surface area contributed by atoms with Crippen molar-refractivity contribution in [1.29, 1.82) is 0 Å². The standard InChI is InChI=1S/C11H14N4O2S/c1-7-3-4-8(10(16)12-7)9-13-14-11(18)15(9)5-6-17-2/h3-4H,5-6H2,1-2H3,(H,12,16)(H,14,18). The van der Waals surface area contributed by atoms with Gasteiger partial charge in [-0.1, -0.05) is 0 Å². The molecule has 0 bridgehead atoms. The number of hydrogen-bond acceptors (Lipinski definition) is 4. The number of nitrogens with one attached hydrogen (secondary N) is 2. The van der Waals surface area contributed by atoms with E-state index in [1.54, 1.807) is 17.7 Å². The maximum absolute atomic E-state index is 11.9. The fourth-order valence-electron chi connectivity index (χ4n) is 1.66. The number of nitrogens with zero attached hydrogens (tertiary/aromatic N) is 2. The van der Waals surface area contributed by atoms with E-state index in [-0.39, 0.29) is 5.56 Å². The fourth-order valence-corrected chi connectivity index (χ4v) is 1.88. The summed E-state index contributed by atoms with van der Waals surface area (Å²) in [5.74, 6) is 0.526. The van der Waals surface area contributed by atoms with E-state index in [9.17, 15) is 4.79 Å². The summed E-state index contributed by atoms with van der Waals surface area (Å²) in [6, 6.07) is 3.57. The number of rotatable bonds is 4. The van der Waals surface area contributed by atoms with Crippen LogP contribution in [0.1, 0.15) is 5.69 Å². The minimum absolute atomic E-state index is 0.178. The smallest absolute Gasteiger partial charge is 0.259 e. The molecule has 0 fully saturated rings. The number of H-pyrrole nitrogens is 2. The molecule has 2 N–H and O–H groups in total. The Labute approximate surface area is 109 Å². The van der Waals surface area contributed by atoms with Crippen LogP contribution in [-0.2, 0) is 11.3 Å². The molecule has 0 unspecified atom stereocenters. The minimum atomic E-state index is -0.178. The molecule has 96 valence electrons. The van der Waals surface area contributed by atoms with E-state index >= 15 is 0 Å². The van der Waals surface area contributed by atoms with Crippen LogP contribution < -0.4 is 5.56 Å². The number of aryl methyl sites for hydroxylation is 1. The van der Waals surface area contributed by atoms with Gasteiger partial charge in [-0.2, -0.15) is 5.10 Å². The van der Waals surface area contributed by atoms with Gasteiger partial charge >= 0.3 is 0 Å². The molecule has 0 saturated carbocycles. The molecule has 0 aliphatic carbocycles. The third-order valence-corrected chi connectivity index (χ3v) is 2.89. The zero-order chi connectivity index (χ0) is 13.1. The van der Waals surface area contributed by atoms with Gasteiger partial charge in [-0.15, -0.1) is 0 Å². The van der Waals surface area contributed by atoms with Gasteiger partial charge in [0.15, 0.2) is 10.6 Å². The normalized spacial score (nSPS) is 10.8. The monoisotopic (exact) mass is 266 g/mol. The van der Waals surface area contributed by atoms with Crippen LogP contribution in [0.25, 0.3) is 11.4 Å². The predicted octanol–water partition coefficient (Wildman–Crippen LogP) is 1.25. The second kappa shape index (κ2) is 5.28. The number of pyridine rings is 1. The average molecular weight is 266 g/mol. The highest BCUT2D eigenvalue weighted by Crippen LogP contribution is 2.12. The number of aromatic amines is 2. The third-order valence-electron chi connectivity index (χ3n) is 2.57. The summed E-state index contributed by atoms with van der Waals surface area (Å²) in [6.07, 6.45) is 0. The molecule has 0 radical (unpaired) electrons. The van der Waals surface area contributed by atoms with Crippen LogP contribution >= 0.6 is 12.2 Å². The van der Waals surface area contributed by atoms with E-state index in [2.05, 4.69) is 15.2 Å². The van der Waals surface area contributed by atoms with Crippen molar-refractivity contribution in [2.75, 3.05) is 13.7 Å². The predicted molar refractivity (Wildman–Crippen MR) is 70.1 cm³/mol. The van der Waals surface area contributed by atoms with Crippen molar-refractivity contribution in [1.82, 2.24) is 19.7 Å². The number of hydrogen-bond donors (Lipinski definition) is 2. The zero-order valence-corrected chi connectivity index (χ0v) is 11.0. The van der Waals surface area contributed by atoms with Gasteiger partial charge in [-0.3, -0.25) is 14.5 Å². The second-order valence-corrected chi connectivity index (χ2v) is 4.27. The van der Waals surface area contributed by atoms with Crippen molar-refractivity contribution >= 4 is 12.2 Å². The van der Waals surface area contributed by atoms with E-state index in [4.69, 9.17) is 17.0 Å². The molecule has 0 atom stereocenters. The van der Waals surface area contributed by atoms with Crippen LogP contribution in [0, 0.1) is 11.7 Å². The summed E-state index contributed by atoms with van der Waals surface area (Å²) in [7, 11) is 1.61. The quantitative estimate of drug-likeness (QED) is 0.817. The molecule has 2 aromatic heterocycles. The first-order chi connectivity index (χ1) is 8.63. The van der Waals surface area contributed by atoms with Gasteiger partial charge < -0.3 is 9.72 Å². The zero-order valence-electron chi connectivity index (χ0n) is 10.2. The summed E-state index contributed by atoms with van der Waals surface area (Å²) in [5, 5.41) is 6.79. The van der Waals surface area contributed by atoms with Gasteiger partial charge in [0.05, 0.1) is 18.7 Å². The SMILES string of the molecule is COCCn1c(-c2ccc(C)[nH]c2=O)n[nH]c1=S. The molecule has 0 spiro atoms. The van der Waals surface area contributed by atoms with E-state index in [0.717, 1.165) is 5.69 Å². The first kappa shape index (κ1) is 12.7. The molecule has 7 heteroatoms. The highest BCUT2D eigenvalue weighted by atomic mass is 32.1. The summed E-state index contributed by atoms with van der Waals surface area (Å²) in [6.45, 7) is 2.88. The van der Waals surface area contributed by atoms with Crippen LogP contribution in [0.5, 0.6) is 0 Å². The third kappa shape index (κ3) is 2.41. The number of methoxy groups -OCH3 is 1. The Kier molecular flexibility index (Phi) is 3.73. The molecule has 0 aliphatic heterocycles. The molecule has 0 saturated heterocycles. The Balaban J connectivity index is 2.50. The van der Waals surface area contributed by atoms with Crippen molar-refractivity contribution in [2.45, 2.75) is 13.5 Å². The molecule has 6 nitrogen and oxygen atoms in total. The van der Waals surface area contributed by atoms with E-state index in [1.807, 2.05) is 13.0 Å². The lowest BCUT2D eigenvalue weighted by atomic mass is 10.2. The Morgan fingerprint density at radius 2 is 2.28 bits per heavy atom. The fraction of sp³-hybridized carbons (Fsp3) is 0.364. The van der Waals surface area contributed by atoms with Crippen molar-refractivity contribution < 1.29 is 4.74 Å². The van der Waals surface area contributed by atoms with Crippen molar-refractivity contribution in [2.24, 2.45) is 0 Å². The Morgan fingerprint density at radius 1 is 1.50 bits per heavy atom. The van der Waals surface area contributed by atoms with Crippen LogP contribution in [0.3, 0.4) is 0 Å². The molecule has 0 aromatic carbocycles.